The van der Waals surface area contributed by atoms with Crippen LogP contribution >= 0.6 is 0 Å². The number of carbonyl (C=O) groups is 1. The van der Waals surface area contributed by atoms with Crippen molar-refractivity contribution < 1.29 is 9.90 Å². The Morgan fingerprint density at radius 3 is 2.76 bits per heavy atom. The average Bonchev–Trinajstić information content (AvgIpc) is 2.32. The van der Waals surface area contributed by atoms with E-state index in [0.29, 0.717) is 5.69 Å². The third-order valence-electron chi connectivity index (χ3n) is 2.26. The molecule has 86 valence electrons. The van der Waals surface area contributed by atoms with Gasteiger partial charge in [0.25, 0.3) is 5.56 Å². The van der Waals surface area contributed by atoms with Crippen LogP contribution in [-0.2, 0) is 6.54 Å². The van der Waals surface area contributed by atoms with E-state index in [4.69, 9.17) is 5.11 Å². The van der Waals surface area contributed by atoms with E-state index in [1.807, 2.05) is 0 Å². The summed E-state index contributed by atoms with van der Waals surface area (Å²) in [6.45, 7) is 0.265. The zero-order chi connectivity index (χ0) is 12.3. The molecule has 0 fully saturated rings. The van der Waals surface area contributed by atoms with Crippen molar-refractivity contribution >= 4 is 5.97 Å². The lowest BCUT2D eigenvalue weighted by Crippen LogP contribution is -2.19. The van der Waals surface area contributed by atoms with Crippen LogP contribution in [-0.4, -0.2) is 20.6 Å². The van der Waals surface area contributed by atoms with Crippen molar-refractivity contribution in [2.75, 3.05) is 0 Å². The minimum Gasteiger partial charge on any atom is -0.477 e. The highest BCUT2D eigenvalue weighted by Gasteiger charge is 2.05. The Bertz CT molecular complexity index is 604. The predicted molar refractivity (Wildman–Crippen MR) is 61.0 cm³/mol. The summed E-state index contributed by atoms with van der Waals surface area (Å²) in [5.74, 6) is -1.08. The Labute approximate surface area is 97.0 Å². The van der Waals surface area contributed by atoms with Gasteiger partial charge in [-0.3, -0.25) is 4.79 Å². The molecule has 0 saturated carbocycles. The third kappa shape index (κ3) is 2.57. The van der Waals surface area contributed by atoms with Gasteiger partial charge in [-0.05, 0) is 18.2 Å². The Hall–Kier alpha value is -2.43. The minimum atomic E-state index is -1.08. The summed E-state index contributed by atoms with van der Waals surface area (Å²) in [6, 6.07) is 9.55. The molecule has 0 aromatic carbocycles. The van der Waals surface area contributed by atoms with Gasteiger partial charge in [0.1, 0.15) is 5.69 Å². The number of aromatic carboxylic acids is 1. The van der Waals surface area contributed by atoms with Crippen molar-refractivity contribution in [1.29, 1.82) is 0 Å². The first kappa shape index (κ1) is 11.1. The monoisotopic (exact) mass is 230 g/mol. The molecule has 17 heavy (non-hydrogen) atoms. The SMILES string of the molecule is O=C(O)c1cccc(Cn2ccccc2=O)n1. The third-order valence-corrected chi connectivity index (χ3v) is 2.26. The summed E-state index contributed by atoms with van der Waals surface area (Å²) in [5.41, 5.74) is 0.375. The molecule has 2 rings (SSSR count). The largest absolute Gasteiger partial charge is 0.477 e. The number of hydrogen-bond donors (Lipinski definition) is 1. The van der Waals surface area contributed by atoms with Gasteiger partial charge in [-0.1, -0.05) is 12.1 Å². The van der Waals surface area contributed by atoms with E-state index in [2.05, 4.69) is 4.98 Å². The summed E-state index contributed by atoms with van der Waals surface area (Å²) in [5, 5.41) is 8.80. The fourth-order valence-corrected chi connectivity index (χ4v) is 1.45. The van der Waals surface area contributed by atoms with E-state index >= 15 is 0 Å². The lowest BCUT2D eigenvalue weighted by Gasteiger charge is -2.04. The molecule has 0 bridgehead atoms. The van der Waals surface area contributed by atoms with Gasteiger partial charge < -0.3 is 9.67 Å². The standard InChI is InChI=1S/C12H10N2O3/c15-11-6-1-2-7-14(11)8-9-4-3-5-10(13-9)12(16)17/h1-7H,8H2,(H,16,17). The summed E-state index contributed by atoms with van der Waals surface area (Å²) in [4.78, 5) is 26.2. The highest BCUT2D eigenvalue weighted by atomic mass is 16.4. The number of hydrogen-bond acceptors (Lipinski definition) is 3. The zero-order valence-corrected chi connectivity index (χ0v) is 8.91. The molecule has 0 aliphatic carbocycles. The summed E-state index contributed by atoms with van der Waals surface area (Å²) >= 11 is 0. The van der Waals surface area contributed by atoms with E-state index in [-0.39, 0.29) is 17.8 Å². The molecule has 0 spiro atoms. The molecule has 0 unspecified atom stereocenters. The van der Waals surface area contributed by atoms with Gasteiger partial charge in [-0.2, -0.15) is 0 Å². The van der Waals surface area contributed by atoms with Crippen molar-refractivity contribution in [1.82, 2.24) is 9.55 Å². The van der Waals surface area contributed by atoms with Crippen LogP contribution in [0.2, 0.25) is 0 Å². The number of rotatable bonds is 3. The molecule has 0 saturated heterocycles. The molecule has 0 radical (unpaired) electrons. The second-order valence-electron chi connectivity index (χ2n) is 3.49. The highest BCUT2D eigenvalue weighted by Crippen LogP contribution is 2.01. The molecule has 2 aromatic rings. The summed E-state index contributed by atoms with van der Waals surface area (Å²) in [6.07, 6.45) is 1.64. The molecule has 5 nitrogen and oxygen atoms in total. The summed E-state index contributed by atoms with van der Waals surface area (Å²) in [7, 11) is 0. The van der Waals surface area contributed by atoms with Gasteiger partial charge in [0.2, 0.25) is 0 Å². The molecule has 2 heterocycles. The predicted octanol–water partition coefficient (Wildman–Crippen LogP) is 0.990. The van der Waals surface area contributed by atoms with Crippen LogP contribution in [0.25, 0.3) is 0 Å². The first-order valence-electron chi connectivity index (χ1n) is 5.01. The molecule has 0 amide bonds. The number of carboxylic acid groups (broad SMARTS) is 1. The lowest BCUT2D eigenvalue weighted by molar-refractivity contribution is 0.0690. The van der Waals surface area contributed by atoms with E-state index in [1.54, 1.807) is 30.5 Å². The topological polar surface area (TPSA) is 72.2 Å². The second kappa shape index (κ2) is 4.61. The van der Waals surface area contributed by atoms with Crippen molar-refractivity contribution in [2.45, 2.75) is 6.54 Å². The van der Waals surface area contributed by atoms with Crippen molar-refractivity contribution in [2.24, 2.45) is 0 Å². The Morgan fingerprint density at radius 1 is 1.24 bits per heavy atom. The highest BCUT2D eigenvalue weighted by molar-refractivity contribution is 5.85. The van der Waals surface area contributed by atoms with Crippen molar-refractivity contribution in [3.05, 3.63) is 64.3 Å². The zero-order valence-electron chi connectivity index (χ0n) is 8.91. The van der Waals surface area contributed by atoms with E-state index < -0.39 is 5.97 Å². The van der Waals surface area contributed by atoms with Crippen LogP contribution in [0, 0.1) is 0 Å². The minimum absolute atomic E-state index is 0.0218. The molecule has 5 heteroatoms. The fraction of sp³-hybridized carbons (Fsp3) is 0.0833. The maximum atomic E-state index is 11.5. The van der Waals surface area contributed by atoms with Gasteiger partial charge in [-0.25, -0.2) is 9.78 Å². The Balaban J connectivity index is 2.31. The Morgan fingerprint density at radius 2 is 2.06 bits per heavy atom. The van der Waals surface area contributed by atoms with Crippen molar-refractivity contribution in [3.8, 4) is 0 Å². The van der Waals surface area contributed by atoms with Crippen LogP contribution in [0.3, 0.4) is 0 Å². The molecule has 0 atom stereocenters. The van der Waals surface area contributed by atoms with Gasteiger partial charge in [0.15, 0.2) is 0 Å². The van der Waals surface area contributed by atoms with Crippen LogP contribution in [0.15, 0.2) is 47.4 Å². The van der Waals surface area contributed by atoms with Gasteiger partial charge in [0.05, 0.1) is 12.2 Å². The maximum Gasteiger partial charge on any atom is 0.354 e. The molecule has 0 aliphatic heterocycles. The van der Waals surface area contributed by atoms with Gasteiger partial charge >= 0.3 is 5.97 Å². The summed E-state index contributed by atoms with van der Waals surface area (Å²) < 4.78 is 1.47. The molecular weight excluding hydrogens is 220 g/mol. The smallest absolute Gasteiger partial charge is 0.354 e. The molecule has 2 aromatic heterocycles. The number of carboxylic acids is 1. The lowest BCUT2D eigenvalue weighted by atomic mass is 10.3. The van der Waals surface area contributed by atoms with E-state index in [9.17, 15) is 9.59 Å². The molecule has 0 aliphatic rings. The number of aromatic nitrogens is 2. The molecule has 1 N–H and O–H groups in total. The average molecular weight is 230 g/mol. The number of pyridine rings is 2. The quantitative estimate of drug-likeness (QED) is 0.853. The fourth-order valence-electron chi connectivity index (χ4n) is 1.45. The normalized spacial score (nSPS) is 10.1. The van der Waals surface area contributed by atoms with Gasteiger partial charge in [0, 0.05) is 12.3 Å². The van der Waals surface area contributed by atoms with Crippen LogP contribution in [0.4, 0.5) is 0 Å². The van der Waals surface area contributed by atoms with Gasteiger partial charge in [-0.15, -0.1) is 0 Å². The van der Waals surface area contributed by atoms with Crippen LogP contribution in [0.1, 0.15) is 16.2 Å². The van der Waals surface area contributed by atoms with E-state index in [0.717, 1.165) is 0 Å². The first-order chi connectivity index (χ1) is 8.16. The van der Waals surface area contributed by atoms with Crippen molar-refractivity contribution in [3.63, 3.8) is 0 Å². The first-order valence-corrected chi connectivity index (χ1v) is 5.01. The molecular formula is C12H10N2O3. The van der Waals surface area contributed by atoms with Crippen LogP contribution in [0.5, 0.6) is 0 Å². The number of nitrogens with zero attached hydrogens (tertiary/aromatic N) is 2. The Kier molecular flexibility index (Phi) is 3.00. The van der Waals surface area contributed by atoms with Crippen LogP contribution < -0.4 is 5.56 Å². The maximum absolute atomic E-state index is 11.5. The second-order valence-corrected chi connectivity index (χ2v) is 3.49. The van der Waals surface area contributed by atoms with E-state index in [1.165, 1.54) is 16.7 Å².